The van der Waals surface area contributed by atoms with Gasteiger partial charge in [-0.15, -0.1) is 22.7 Å². The summed E-state index contributed by atoms with van der Waals surface area (Å²) in [5.41, 5.74) is 2.94. The Hall–Kier alpha value is -4.86. The number of rotatable bonds is 6. The lowest BCUT2D eigenvalue weighted by atomic mass is 10.2. The summed E-state index contributed by atoms with van der Waals surface area (Å²) < 4.78 is 7.44. The van der Waals surface area contributed by atoms with Gasteiger partial charge in [0.25, 0.3) is 0 Å². The second kappa shape index (κ2) is 10.4. The van der Waals surface area contributed by atoms with Gasteiger partial charge < -0.3 is 9.30 Å². The van der Waals surface area contributed by atoms with Crippen molar-refractivity contribution < 1.29 is 4.74 Å². The third-order valence-electron chi connectivity index (χ3n) is 5.02. The van der Waals surface area contributed by atoms with Gasteiger partial charge in [-0.05, 0) is 72.8 Å². The van der Waals surface area contributed by atoms with Crippen LogP contribution in [-0.4, -0.2) is 11.7 Å². The van der Waals surface area contributed by atoms with Crippen LogP contribution >= 0.6 is 22.7 Å². The highest BCUT2D eigenvalue weighted by atomic mass is 32.1. The predicted octanol–water partition coefficient (Wildman–Crippen LogP) is 6.80. The molecule has 0 amide bonds. The molecule has 35 heavy (non-hydrogen) atoms. The lowest BCUT2D eigenvalue weighted by molar-refractivity contribution is 0.415. The van der Waals surface area contributed by atoms with Crippen LogP contribution in [0.5, 0.6) is 5.75 Å². The topological polar surface area (TPSA) is 109 Å². The summed E-state index contributed by atoms with van der Waals surface area (Å²) in [6.45, 7) is 0. The molecule has 0 spiro atoms. The van der Waals surface area contributed by atoms with E-state index in [0.29, 0.717) is 0 Å². The van der Waals surface area contributed by atoms with Crippen molar-refractivity contribution in [3.8, 4) is 56.9 Å². The van der Waals surface area contributed by atoms with E-state index in [2.05, 4.69) is 4.57 Å². The molecule has 3 heterocycles. The first-order chi connectivity index (χ1) is 17.1. The summed E-state index contributed by atoms with van der Waals surface area (Å²) in [5.74, 6) is 0.747. The summed E-state index contributed by atoms with van der Waals surface area (Å²) in [4.78, 5) is 3.57. The first kappa shape index (κ1) is 23.3. The van der Waals surface area contributed by atoms with Gasteiger partial charge in [-0.1, -0.05) is 0 Å². The average molecular weight is 490 g/mol. The average Bonchev–Trinajstić information content (AvgIpc) is 3.65. The largest absolute Gasteiger partial charge is 0.497 e. The van der Waals surface area contributed by atoms with Gasteiger partial charge in [-0.3, -0.25) is 0 Å². The van der Waals surface area contributed by atoms with Crippen molar-refractivity contribution in [1.82, 2.24) is 4.57 Å². The van der Waals surface area contributed by atoms with Crippen LogP contribution in [-0.2, 0) is 0 Å². The SMILES string of the molecule is COc1ccc(-n2c(-c3ccc(C=C(C#N)C#N)s3)ccc2-c2ccc(C=C(C#N)C#N)s2)cc1. The van der Waals surface area contributed by atoms with E-state index in [4.69, 9.17) is 25.8 Å². The molecule has 166 valence electrons. The van der Waals surface area contributed by atoms with Gasteiger partial charge in [0.2, 0.25) is 0 Å². The molecule has 0 radical (unpaired) electrons. The molecule has 0 atom stereocenters. The molecule has 0 unspecified atom stereocenters. The molecule has 6 nitrogen and oxygen atoms in total. The Labute approximate surface area is 210 Å². The third kappa shape index (κ3) is 4.91. The summed E-state index contributed by atoms with van der Waals surface area (Å²) >= 11 is 2.97. The van der Waals surface area contributed by atoms with Crippen molar-refractivity contribution in [3.05, 3.63) is 81.6 Å². The van der Waals surface area contributed by atoms with E-state index >= 15 is 0 Å². The van der Waals surface area contributed by atoms with Gasteiger partial charge in [0.05, 0.1) is 28.3 Å². The first-order valence-corrected chi connectivity index (χ1v) is 11.8. The molecule has 0 N–H and O–H groups in total. The van der Waals surface area contributed by atoms with E-state index in [0.717, 1.165) is 42.3 Å². The van der Waals surface area contributed by atoms with E-state index in [1.807, 2.05) is 84.9 Å². The fourth-order valence-corrected chi connectivity index (χ4v) is 5.36. The van der Waals surface area contributed by atoms with Gasteiger partial charge in [0, 0.05) is 15.4 Å². The van der Waals surface area contributed by atoms with Gasteiger partial charge in [0.1, 0.15) is 41.2 Å². The summed E-state index contributed by atoms with van der Waals surface area (Å²) in [6, 6.07) is 27.1. The van der Waals surface area contributed by atoms with Gasteiger partial charge in [-0.2, -0.15) is 21.0 Å². The molecule has 3 aromatic heterocycles. The number of ether oxygens (including phenoxy) is 1. The Morgan fingerprint density at radius 1 is 0.686 bits per heavy atom. The van der Waals surface area contributed by atoms with Crippen molar-refractivity contribution in [2.75, 3.05) is 7.11 Å². The van der Waals surface area contributed by atoms with E-state index < -0.39 is 0 Å². The number of hydrogen-bond acceptors (Lipinski definition) is 7. The lowest BCUT2D eigenvalue weighted by Gasteiger charge is -2.13. The van der Waals surface area contributed by atoms with Gasteiger partial charge >= 0.3 is 0 Å². The maximum atomic E-state index is 9.08. The van der Waals surface area contributed by atoms with Crippen molar-refractivity contribution >= 4 is 34.8 Å². The minimum Gasteiger partial charge on any atom is -0.497 e. The maximum Gasteiger partial charge on any atom is 0.131 e. The zero-order chi connectivity index (χ0) is 24.8. The van der Waals surface area contributed by atoms with Crippen molar-refractivity contribution in [1.29, 1.82) is 21.0 Å². The molecule has 0 aliphatic heterocycles. The van der Waals surface area contributed by atoms with Crippen LogP contribution in [0.1, 0.15) is 9.75 Å². The van der Waals surface area contributed by atoms with E-state index in [1.165, 1.54) is 22.7 Å². The standard InChI is InChI=1S/C27H15N5OS2/c1-33-21-4-2-20(3-5-21)32-24(26-10-6-22(34-26)12-18(14-28)15-29)8-9-25(32)27-11-7-23(35-27)13-19(16-30)17-31/h2-13H,1H3. The van der Waals surface area contributed by atoms with Gasteiger partial charge in [0.15, 0.2) is 0 Å². The molecule has 0 saturated heterocycles. The van der Waals surface area contributed by atoms with Crippen LogP contribution < -0.4 is 4.74 Å². The molecular formula is C27H15N5OS2. The monoisotopic (exact) mass is 489 g/mol. The number of aromatic nitrogens is 1. The minimum absolute atomic E-state index is 0.0536. The number of benzene rings is 1. The smallest absolute Gasteiger partial charge is 0.131 e. The molecule has 0 bridgehead atoms. The maximum absolute atomic E-state index is 9.08. The summed E-state index contributed by atoms with van der Waals surface area (Å²) in [5, 5.41) is 36.3. The Morgan fingerprint density at radius 2 is 1.14 bits per heavy atom. The predicted molar refractivity (Wildman–Crippen MR) is 137 cm³/mol. The number of nitriles is 4. The molecule has 0 saturated carbocycles. The van der Waals surface area contributed by atoms with Crippen LogP contribution in [0.15, 0.2) is 71.8 Å². The molecule has 0 fully saturated rings. The number of allylic oxidation sites excluding steroid dienone is 2. The second-order valence-electron chi connectivity index (χ2n) is 7.10. The lowest BCUT2D eigenvalue weighted by Crippen LogP contribution is -1.98. The Balaban J connectivity index is 1.85. The third-order valence-corrected chi connectivity index (χ3v) is 7.13. The molecule has 4 rings (SSSR count). The molecule has 0 aliphatic carbocycles. The van der Waals surface area contributed by atoms with Crippen molar-refractivity contribution in [3.63, 3.8) is 0 Å². The number of hydrogen-bond donors (Lipinski definition) is 0. The van der Waals surface area contributed by atoms with Crippen LogP contribution in [0.4, 0.5) is 0 Å². The highest BCUT2D eigenvalue weighted by molar-refractivity contribution is 7.16. The molecule has 0 aliphatic rings. The number of nitrogens with zero attached hydrogens (tertiary/aromatic N) is 5. The van der Waals surface area contributed by atoms with Crippen molar-refractivity contribution in [2.24, 2.45) is 0 Å². The molecule has 1 aromatic carbocycles. The Kier molecular flexibility index (Phi) is 6.91. The minimum atomic E-state index is 0.0536. The van der Waals surface area contributed by atoms with Gasteiger partial charge in [-0.25, -0.2) is 0 Å². The summed E-state index contributed by atoms with van der Waals surface area (Å²) in [6.07, 6.45) is 3.16. The number of methoxy groups -OCH3 is 1. The van der Waals surface area contributed by atoms with Crippen LogP contribution in [0.2, 0.25) is 0 Å². The summed E-state index contributed by atoms with van der Waals surface area (Å²) in [7, 11) is 1.62. The van der Waals surface area contributed by atoms with E-state index in [1.54, 1.807) is 19.3 Å². The van der Waals surface area contributed by atoms with Crippen molar-refractivity contribution in [2.45, 2.75) is 0 Å². The van der Waals surface area contributed by atoms with Crippen LogP contribution in [0.3, 0.4) is 0 Å². The first-order valence-electron chi connectivity index (χ1n) is 10.2. The fraction of sp³-hybridized carbons (Fsp3) is 0.0370. The zero-order valence-electron chi connectivity index (χ0n) is 18.4. The highest BCUT2D eigenvalue weighted by Gasteiger charge is 2.17. The Bertz CT molecular complexity index is 1490. The fourth-order valence-electron chi connectivity index (χ4n) is 3.43. The quantitative estimate of drug-likeness (QED) is 0.277. The molecule has 4 aromatic rings. The Morgan fingerprint density at radius 3 is 1.54 bits per heavy atom. The van der Waals surface area contributed by atoms with Crippen LogP contribution in [0, 0.1) is 45.3 Å². The van der Waals surface area contributed by atoms with E-state index in [9.17, 15) is 0 Å². The zero-order valence-corrected chi connectivity index (χ0v) is 20.0. The van der Waals surface area contributed by atoms with Crippen LogP contribution in [0.25, 0.3) is 39.0 Å². The molecule has 8 heteroatoms. The highest BCUT2D eigenvalue weighted by Crippen LogP contribution is 2.39. The second-order valence-corrected chi connectivity index (χ2v) is 9.34. The van der Waals surface area contributed by atoms with E-state index in [-0.39, 0.29) is 11.1 Å². The molecular weight excluding hydrogens is 474 g/mol. The normalized spacial score (nSPS) is 9.74. The number of thiophene rings is 2.